The predicted octanol–water partition coefficient (Wildman–Crippen LogP) is 2.70. The van der Waals surface area contributed by atoms with Crippen LogP contribution in [0.4, 0.5) is 0 Å². The average Bonchev–Trinajstić information content (AvgIpc) is 2.44. The van der Waals surface area contributed by atoms with Crippen LogP contribution < -0.4 is 11.1 Å². The topological polar surface area (TPSA) is 55.1 Å². The molecule has 3 nitrogen and oxygen atoms in total. The fourth-order valence-electron chi connectivity index (χ4n) is 2.08. The third-order valence-corrected chi connectivity index (χ3v) is 3.30. The van der Waals surface area contributed by atoms with E-state index in [2.05, 4.69) is 5.32 Å². The van der Waals surface area contributed by atoms with E-state index in [1.54, 1.807) is 0 Å². The van der Waals surface area contributed by atoms with E-state index < -0.39 is 6.04 Å². The molecule has 0 saturated heterocycles. The summed E-state index contributed by atoms with van der Waals surface area (Å²) in [7, 11) is 0. The Labute approximate surface area is 123 Å². The largest absolute Gasteiger partial charge is 0.368 e. The van der Waals surface area contributed by atoms with Gasteiger partial charge >= 0.3 is 0 Å². The van der Waals surface area contributed by atoms with Crippen LogP contribution in [0.2, 0.25) is 5.02 Å². The SMILES string of the molecule is NC(=O)[C@H](NCCc1cccc(Cl)c1)c1ccccc1. The minimum Gasteiger partial charge on any atom is -0.368 e. The highest BCUT2D eigenvalue weighted by molar-refractivity contribution is 6.30. The maximum absolute atomic E-state index is 11.5. The first-order valence-electron chi connectivity index (χ1n) is 6.49. The lowest BCUT2D eigenvalue weighted by Crippen LogP contribution is -2.34. The summed E-state index contributed by atoms with van der Waals surface area (Å²) in [5.41, 5.74) is 7.46. The predicted molar refractivity (Wildman–Crippen MR) is 81.5 cm³/mol. The van der Waals surface area contributed by atoms with Crippen molar-refractivity contribution < 1.29 is 4.79 Å². The number of hydrogen-bond donors (Lipinski definition) is 2. The second-order valence-electron chi connectivity index (χ2n) is 4.58. The maximum atomic E-state index is 11.5. The van der Waals surface area contributed by atoms with Gasteiger partial charge in [-0.25, -0.2) is 0 Å². The highest BCUT2D eigenvalue weighted by Gasteiger charge is 2.16. The van der Waals surface area contributed by atoms with Gasteiger partial charge in [-0.05, 0) is 29.7 Å². The van der Waals surface area contributed by atoms with E-state index in [4.69, 9.17) is 17.3 Å². The second-order valence-corrected chi connectivity index (χ2v) is 5.02. The van der Waals surface area contributed by atoms with Crippen molar-refractivity contribution in [3.05, 3.63) is 70.7 Å². The smallest absolute Gasteiger partial charge is 0.239 e. The fourth-order valence-corrected chi connectivity index (χ4v) is 2.29. The van der Waals surface area contributed by atoms with Gasteiger partial charge in [-0.1, -0.05) is 54.1 Å². The van der Waals surface area contributed by atoms with Gasteiger partial charge in [-0.2, -0.15) is 0 Å². The first-order valence-corrected chi connectivity index (χ1v) is 6.86. The highest BCUT2D eigenvalue weighted by Crippen LogP contribution is 2.13. The molecule has 0 aliphatic heterocycles. The molecule has 0 unspecified atom stereocenters. The Hall–Kier alpha value is -1.84. The number of nitrogens with one attached hydrogen (secondary N) is 1. The number of benzene rings is 2. The molecular weight excluding hydrogens is 272 g/mol. The summed E-state index contributed by atoms with van der Waals surface area (Å²) in [5, 5.41) is 3.91. The second kappa shape index (κ2) is 7.08. The summed E-state index contributed by atoms with van der Waals surface area (Å²) < 4.78 is 0. The van der Waals surface area contributed by atoms with E-state index in [0.717, 1.165) is 22.6 Å². The zero-order valence-electron chi connectivity index (χ0n) is 11.1. The molecule has 0 aromatic heterocycles. The van der Waals surface area contributed by atoms with Crippen LogP contribution in [0.15, 0.2) is 54.6 Å². The minimum absolute atomic E-state index is 0.373. The Bertz CT molecular complexity index is 572. The van der Waals surface area contributed by atoms with Crippen molar-refractivity contribution in [1.82, 2.24) is 5.32 Å². The van der Waals surface area contributed by atoms with Crippen molar-refractivity contribution >= 4 is 17.5 Å². The van der Waals surface area contributed by atoms with Gasteiger partial charge in [0.25, 0.3) is 0 Å². The van der Waals surface area contributed by atoms with Crippen molar-refractivity contribution in [1.29, 1.82) is 0 Å². The maximum Gasteiger partial charge on any atom is 0.239 e. The molecule has 0 heterocycles. The molecule has 0 fully saturated rings. The van der Waals surface area contributed by atoms with Crippen molar-refractivity contribution in [2.75, 3.05) is 6.54 Å². The van der Waals surface area contributed by atoms with E-state index >= 15 is 0 Å². The van der Waals surface area contributed by atoms with Crippen molar-refractivity contribution in [3.8, 4) is 0 Å². The molecule has 20 heavy (non-hydrogen) atoms. The summed E-state index contributed by atoms with van der Waals surface area (Å²) in [6.07, 6.45) is 0.789. The van der Waals surface area contributed by atoms with Gasteiger partial charge < -0.3 is 11.1 Å². The van der Waals surface area contributed by atoms with Crippen LogP contribution in [0, 0.1) is 0 Å². The monoisotopic (exact) mass is 288 g/mol. The Balaban J connectivity index is 1.95. The normalized spacial score (nSPS) is 12.1. The summed E-state index contributed by atoms with van der Waals surface area (Å²) in [4.78, 5) is 11.5. The van der Waals surface area contributed by atoms with Crippen LogP contribution >= 0.6 is 11.6 Å². The standard InChI is InChI=1S/C16H17ClN2O/c17-14-8-4-5-12(11-14)9-10-19-15(16(18)20)13-6-2-1-3-7-13/h1-8,11,15,19H,9-10H2,(H2,18,20)/t15-/m1/s1. The molecule has 2 aromatic rings. The molecule has 1 amide bonds. The molecule has 0 aliphatic carbocycles. The fraction of sp³-hybridized carbons (Fsp3) is 0.188. The number of primary amides is 1. The van der Waals surface area contributed by atoms with E-state index in [1.807, 2.05) is 54.6 Å². The number of rotatable bonds is 6. The van der Waals surface area contributed by atoms with Crippen LogP contribution in [0.3, 0.4) is 0 Å². The zero-order chi connectivity index (χ0) is 14.4. The number of carbonyl (C=O) groups excluding carboxylic acids is 1. The molecular formula is C16H17ClN2O. The molecule has 4 heteroatoms. The number of nitrogens with two attached hydrogens (primary N) is 1. The molecule has 0 bridgehead atoms. The number of carbonyl (C=O) groups is 1. The molecule has 1 atom stereocenters. The van der Waals surface area contributed by atoms with Gasteiger partial charge in [-0.3, -0.25) is 4.79 Å². The minimum atomic E-state index is -0.463. The van der Waals surface area contributed by atoms with Gasteiger partial charge in [0.2, 0.25) is 5.91 Å². The molecule has 2 rings (SSSR count). The van der Waals surface area contributed by atoms with Crippen LogP contribution in [0.1, 0.15) is 17.2 Å². The number of hydrogen-bond acceptors (Lipinski definition) is 2. The zero-order valence-corrected chi connectivity index (χ0v) is 11.8. The summed E-state index contributed by atoms with van der Waals surface area (Å²) >= 11 is 5.94. The lowest BCUT2D eigenvalue weighted by Gasteiger charge is -2.15. The lowest BCUT2D eigenvalue weighted by molar-refractivity contribution is -0.120. The Morgan fingerprint density at radius 2 is 1.90 bits per heavy atom. The van der Waals surface area contributed by atoms with Gasteiger partial charge in [0.1, 0.15) is 6.04 Å². The van der Waals surface area contributed by atoms with E-state index in [9.17, 15) is 4.79 Å². The van der Waals surface area contributed by atoms with Gasteiger partial charge in [0.15, 0.2) is 0 Å². The van der Waals surface area contributed by atoms with Crippen LogP contribution in [0.25, 0.3) is 0 Å². The average molecular weight is 289 g/mol. The van der Waals surface area contributed by atoms with Crippen molar-refractivity contribution in [2.24, 2.45) is 5.73 Å². The third kappa shape index (κ3) is 4.08. The lowest BCUT2D eigenvalue weighted by atomic mass is 10.1. The Morgan fingerprint density at radius 1 is 1.15 bits per heavy atom. The van der Waals surface area contributed by atoms with Crippen molar-refractivity contribution in [3.63, 3.8) is 0 Å². The van der Waals surface area contributed by atoms with Crippen LogP contribution in [-0.4, -0.2) is 12.5 Å². The molecule has 2 aromatic carbocycles. The molecule has 0 aliphatic rings. The molecule has 0 saturated carbocycles. The van der Waals surface area contributed by atoms with Crippen LogP contribution in [0.5, 0.6) is 0 Å². The summed E-state index contributed by atoms with van der Waals surface area (Å²) in [6, 6.07) is 16.7. The Morgan fingerprint density at radius 3 is 2.55 bits per heavy atom. The molecule has 3 N–H and O–H groups in total. The molecule has 0 radical (unpaired) electrons. The van der Waals surface area contributed by atoms with E-state index in [0.29, 0.717) is 6.54 Å². The summed E-state index contributed by atoms with van der Waals surface area (Å²) in [5.74, 6) is -0.373. The first-order chi connectivity index (χ1) is 9.66. The van der Waals surface area contributed by atoms with Crippen molar-refractivity contribution in [2.45, 2.75) is 12.5 Å². The van der Waals surface area contributed by atoms with E-state index in [-0.39, 0.29) is 5.91 Å². The number of amides is 1. The Kier molecular flexibility index (Phi) is 5.16. The van der Waals surface area contributed by atoms with Gasteiger partial charge in [0.05, 0.1) is 0 Å². The summed E-state index contributed by atoms with van der Waals surface area (Å²) in [6.45, 7) is 0.656. The molecule has 0 spiro atoms. The van der Waals surface area contributed by atoms with Gasteiger partial charge in [0, 0.05) is 11.6 Å². The van der Waals surface area contributed by atoms with Gasteiger partial charge in [-0.15, -0.1) is 0 Å². The molecule has 104 valence electrons. The van der Waals surface area contributed by atoms with E-state index in [1.165, 1.54) is 0 Å². The highest BCUT2D eigenvalue weighted by atomic mass is 35.5. The van der Waals surface area contributed by atoms with Crippen LogP contribution in [-0.2, 0) is 11.2 Å². The first kappa shape index (κ1) is 14.6. The number of halogens is 1. The third-order valence-electron chi connectivity index (χ3n) is 3.07. The quantitative estimate of drug-likeness (QED) is 0.859.